The van der Waals surface area contributed by atoms with Crippen LogP contribution in [-0.2, 0) is 0 Å². The Kier molecular flexibility index (Phi) is 4.74. The number of carbonyl (C=O) groups excluding carboxylic acids is 1. The van der Waals surface area contributed by atoms with Crippen molar-refractivity contribution in [3.05, 3.63) is 54.1 Å². The number of amides is 1. The van der Waals surface area contributed by atoms with Crippen LogP contribution in [-0.4, -0.2) is 25.2 Å². The Bertz CT molecular complexity index is 709. The summed E-state index contributed by atoms with van der Waals surface area (Å²) >= 11 is 0. The highest BCUT2D eigenvalue weighted by atomic mass is 16.5. The summed E-state index contributed by atoms with van der Waals surface area (Å²) in [7, 11) is 0. The van der Waals surface area contributed by atoms with Crippen LogP contribution >= 0.6 is 0 Å². The molecule has 0 unspecified atom stereocenters. The van der Waals surface area contributed by atoms with Crippen LogP contribution in [0.15, 0.2) is 48.5 Å². The highest BCUT2D eigenvalue weighted by Gasteiger charge is 2.27. The molecule has 0 fully saturated rings. The van der Waals surface area contributed by atoms with E-state index in [9.17, 15) is 4.79 Å². The summed E-state index contributed by atoms with van der Waals surface area (Å²) in [6.07, 6.45) is -0.0301. The highest BCUT2D eigenvalue weighted by Crippen LogP contribution is 2.34. The molecule has 1 aliphatic heterocycles. The molecule has 0 aromatic heterocycles. The van der Waals surface area contributed by atoms with Crippen LogP contribution in [0.4, 0.5) is 5.69 Å². The van der Waals surface area contributed by atoms with Crippen molar-refractivity contribution in [2.24, 2.45) is 5.92 Å². The third-order valence-electron chi connectivity index (χ3n) is 3.85. The van der Waals surface area contributed by atoms with E-state index in [0.717, 1.165) is 17.2 Å². The lowest BCUT2D eigenvalue weighted by Crippen LogP contribution is -2.42. The van der Waals surface area contributed by atoms with Crippen molar-refractivity contribution < 1.29 is 14.3 Å². The van der Waals surface area contributed by atoms with Gasteiger partial charge >= 0.3 is 0 Å². The number of carbonyl (C=O) groups is 1. The van der Waals surface area contributed by atoms with E-state index in [1.165, 1.54) is 0 Å². The fourth-order valence-electron chi connectivity index (χ4n) is 2.69. The molecule has 0 bridgehead atoms. The molecule has 0 aliphatic carbocycles. The molecule has 4 heteroatoms. The Hall–Kier alpha value is -2.49. The molecule has 1 atom stereocenters. The van der Waals surface area contributed by atoms with Gasteiger partial charge in [-0.3, -0.25) is 4.79 Å². The number of anilines is 1. The summed E-state index contributed by atoms with van der Waals surface area (Å²) in [5.74, 6) is 1.99. The Labute approximate surface area is 143 Å². The molecule has 3 rings (SSSR count). The van der Waals surface area contributed by atoms with E-state index in [-0.39, 0.29) is 12.0 Å². The lowest BCUT2D eigenvalue weighted by molar-refractivity contribution is 0.0961. The number of rotatable bonds is 4. The first-order chi connectivity index (χ1) is 11.5. The zero-order chi connectivity index (χ0) is 17.1. The smallest absolute Gasteiger partial charge is 0.258 e. The average Bonchev–Trinajstić information content (AvgIpc) is 2.59. The summed E-state index contributed by atoms with van der Waals surface area (Å²) in [4.78, 5) is 14.7. The maximum atomic E-state index is 12.9. The minimum atomic E-state index is -0.0301. The monoisotopic (exact) mass is 325 g/mol. The molecule has 1 amide bonds. The van der Waals surface area contributed by atoms with E-state index in [0.29, 0.717) is 24.6 Å². The summed E-state index contributed by atoms with van der Waals surface area (Å²) in [6, 6.07) is 15.0. The van der Waals surface area contributed by atoms with Crippen molar-refractivity contribution in [1.82, 2.24) is 0 Å². The van der Waals surface area contributed by atoms with Gasteiger partial charge in [0.15, 0.2) is 0 Å². The summed E-state index contributed by atoms with van der Waals surface area (Å²) in [5, 5.41) is 0. The maximum Gasteiger partial charge on any atom is 0.258 e. The molecule has 1 aliphatic rings. The van der Waals surface area contributed by atoms with Gasteiger partial charge in [0, 0.05) is 5.56 Å². The summed E-state index contributed by atoms with van der Waals surface area (Å²) < 4.78 is 11.5. The van der Waals surface area contributed by atoms with E-state index in [2.05, 4.69) is 13.8 Å². The van der Waals surface area contributed by atoms with Crippen LogP contribution in [0.25, 0.3) is 0 Å². The minimum absolute atomic E-state index is 0.0204. The number of para-hydroxylation sites is 2. The Morgan fingerprint density at radius 3 is 2.62 bits per heavy atom. The van der Waals surface area contributed by atoms with Gasteiger partial charge in [-0.05, 0) is 49.2 Å². The molecule has 0 saturated heterocycles. The van der Waals surface area contributed by atoms with Gasteiger partial charge in [0.25, 0.3) is 5.91 Å². The summed E-state index contributed by atoms with van der Waals surface area (Å²) in [5.41, 5.74) is 1.47. The molecule has 1 heterocycles. The van der Waals surface area contributed by atoms with Crippen molar-refractivity contribution in [1.29, 1.82) is 0 Å². The third-order valence-corrected chi connectivity index (χ3v) is 3.85. The molecule has 0 spiro atoms. The number of ether oxygens (including phenoxy) is 2. The first kappa shape index (κ1) is 16.4. The third kappa shape index (κ3) is 3.53. The predicted molar refractivity (Wildman–Crippen MR) is 95.0 cm³/mol. The fourth-order valence-corrected chi connectivity index (χ4v) is 2.69. The quantitative estimate of drug-likeness (QED) is 0.847. The normalized spacial score (nSPS) is 16.5. The van der Waals surface area contributed by atoms with Gasteiger partial charge < -0.3 is 14.4 Å². The lowest BCUT2D eigenvalue weighted by atomic mass is 10.1. The zero-order valence-electron chi connectivity index (χ0n) is 14.4. The molecule has 4 nitrogen and oxygen atoms in total. The van der Waals surface area contributed by atoms with Crippen molar-refractivity contribution in [2.45, 2.75) is 26.9 Å². The van der Waals surface area contributed by atoms with Crippen LogP contribution in [0.2, 0.25) is 0 Å². The van der Waals surface area contributed by atoms with Gasteiger partial charge in [-0.1, -0.05) is 26.0 Å². The Morgan fingerprint density at radius 2 is 1.92 bits per heavy atom. The van der Waals surface area contributed by atoms with Gasteiger partial charge in [-0.2, -0.15) is 0 Å². The standard InChI is InChI=1S/C20H23NO3/c1-14(2)13-23-17-10-8-16(9-11-17)20(22)21-12-15(3)24-19-7-5-4-6-18(19)21/h4-11,14-15H,12-13H2,1-3H3/t15-/m0/s1. The second-order valence-electron chi connectivity index (χ2n) is 6.54. The highest BCUT2D eigenvalue weighted by molar-refractivity contribution is 6.07. The van der Waals surface area contributed by atoms with Gasteiger partial charge in [-0.25, -0.2) is 0 Å². The van der Waals surface area contributed by atoms with Crippen LogP contribution in [0, 0.1) is 5.92 Å². The molecular weight excluding hydrogens is 302 g/mol. The number of hydrogen-bond acceptors (Lipinski definition) is 3. The second kappa shape index (κ2) is 6.95. The SMILES string of the molecule is CC(C)COc1ccc(C(=O)N2C[C@H](C)Oc3ccccc32)cc1. The molecule has 2 aromatic rings. The molecule has 0 N–H and O–H groups in total. The van der Waals surface area contributed by atoms with Crippen LogP contribution in [0.5, 0.6) is 11.5 Å². The number of fused-ring (bicyclic) bond motifs is 1. The number of hydrogen-bond donors (Lipinski definition) is 0. The van der Waals surface area contributed by atoms with Gasteiger partial charge in [0.05, 0.1) is 18.8 Å². The summed E-state index contributed by atoms with van der Waals surface area (Å²) in [6.45, 7) is 7.39. The maximum absolute atomic E-state index is 12.9. The first-order valence-electron chi connectivity index (χ1n) is 8.35. The topological polar surface area (TPSA) is 38.8 Å². The Morgan fingerprint density at radius 1 is 1.21 bits per heavy atom. The molecule has 24 heavy (non-hydrogen) atoms. The molecule has 0 saturated carbocycles. The molecule has 2 aromatic carbocycles. The fraction of sp³-hybridized carbons (Fsp3) is 0.350. The second-order valence-corrected chi connectivity index (χ2v) is 6.54. The van der Waals surface area contributed by atoms with Crippen molar-refractivity contribution >= 4 is 11.6 Å². The van der Waals surface area contributed by atoms with Crippen molar-refractivity contribution in [3.63, 3.8) is 0 Å². The largest absolute Gasteiger partial charge is 0.493 e. The Balaban J connectivity index is 1.79. The van der Waals surface area contributed by atoms with Crippen LogP contribution < -0.4 is 14.4 Å². The van der Waals surface area contributed by atoms with Gasteiger partial charge in [-0.15, -0.1) is 0 Å². The molecule has 0 radical (unpaired) electrons. The van der Waals surface area contributed by atoms with Crippen LogP contribution in [0.3, 0.4) is 0 Å². The predicted octanol–water partition coefficient (Wildman–Crippen LogP) is 4.15. The molecule has 126 valence electrons. The first-order valence-corrected chi connectivity index (χ1v) is 8.35. The average molecular weight is 325 g/mol. The minimum Gasteiger partial charge on any atom is -0.493 e. The van der Waals surface area contributed by atoms with E-state index >= 15 is 0 Å². The van der Waals surface area contributed by atoms with Crippen molar-refractivity contribution in [3.8, 4) is 11.5 Å². The zero-order valence-corrected chi connectivity index (χ0v) is 14.4. The number of benzene rings is 2. The van der Waals surface area contributed by atoms with Crippen molar-refractivity contribution in [2.75, 3.05) is 18.1 Å². The number of nitrogens with zero attached hydrogens (tertiary/aromatic N) is 1. The van der Waals surface area contributed by atoms with E-state index in [1.807, 2.05) is 55.5 Å². The van der Waals surface area contributed by atoms with E-state index in [4.69, 9.17) is 9.47 Å². The molecular formula is C20H23NO3. The van der Waals surface area contributed by atoms with Crippen LogP contribution in [0.1, 0.15) is 31.1 Å². The van der Waals surface area contributed by atoms with Gasteiger partial charge in [0.2, 0.25) is 0 Å². The lowest BCUT2D eigenvalue weighted by Gasteiger charge is -2.33. The van der Waals surface area contributed by atoms with E-state index in [1.54, 1.807) is 4.90 Å². The van der Waals surface area contributed by atoms with E-state index < -0.39 is 0 Å². The van der Waals surface area contributed by atoms with Gasteiger partial charge in [0.1, 0.15) is 17.6 Å².